The SMILES string of the molecule is CC(C)(O)CNS(=O)(=O)c1cc(N)cc(Br)c1F. The Balaban J connectivity index is 3.13. The van der Waals surface area contributed by atoms with Crippen LogP contribution in [0.1, 0.15) is 13.8 Å². The van der Waals surface area contributed by atoms with Gasteiger partial charge in [-0.3, -0.25) is 0 Å². The van der Waals surface area contributed by atoms with Crippen LogP contribution in [0.4, 0.5) is 10.1 Å². The maximum absolute atomic E-state index is 13.7. The van der Waals surface area contributed by atoms with E-state index in [0.717, 1.165) is 6.07 Å². The van der Waals surface area contributed by atoms with Crippen molar-refractivity contribution in [1.82, 2.24) is 4.72 Å². The third kappa shape index (κ3) is 3.91. The third-order valence-corrected chi connectivity index (χ3v) is 3.98. The predicted octanol–water partition coefficient (Wildman–Crippen LogP) is 1.22. The van der Waals surface area contributed by atoms with Crippen molar-refractivity contribution in [2.45, 2.75) is 24.3 Å². The van der Waals surface area contributed by atoms with E-state index in [2.05, 4.69) is 20.7 Å². The molecule has 0 unspecified atom stereocenters. The summed E-state index contributed by atoms with van der Waals surface area (Å²) in [6.07, 6.45) is 0. The number of benzene rings is 1. The van der Waals surface area contributed by atoms with Crippen molar-refractivity contribution in [2.24, 2.45) is 0 Å². The summed E-state index contributed by atoms with van der Waals surface area (Å²) in [6, 6.07) is 2.29. The van der Waals surface area contributed by atoms with Crippen LogP contribution < -0.4 is 10.5 Å². The molecule has 1 aromatic rings. The molecule has 4 N–H and O–H groups in total. The highest BCUT2D eigenvalue weighted by Crippen LogP contribution is 2.26. The molecule has 0 radical (unpaired) electrons. The van der Waals surface area contributed by atoms with Crippen LogP contribution in [0.15, 0.2) is 21.5 Å². The van der Waals surface area contributed by atoms with Gasteiger partial charge in [-0.05, 0) is 41.9 Å². The molecule has 0 aliphatic heterocycles. The summed E-state index contributed by atoms with van der Waals surface area (Å²) in [6.45, 7) is 2.63. The van der Waals surface area contributed by atoms with Gasteiger partial charge in [0.25, 0.3) is 0 Å². The average molecular weight is 341 g/mol. The van der Waals surface area contributed by atoms with Gasteiger partial charge in [0.05, 0.1) is 10.1 Å². The van der Waals surface area contributed by atoms with Crippen LogP contribution >= 0.6 is 15.9 Å². The lowest BCUT2D eigenvalue weighted by Crippen LogP contribution is -2.38. The van der Waals surface area contributed by atoms with Gasteiger partial charge in [-0.15, -0.1) is 0 Å². The molecule has 0 bridgehead atoms. The lowest BCUT2D eigenvalue weighted by atomic mass is 10.1. The minimum Gasteiger partial charge on any atom is -0.399 e. The third-order valence-electron chi connectivity index (χ3n) is 2.00. The van der Waals surface area contributed by atoms with Crippen LogP contribution in [0, 0.1) is 5.82 Å². The number of aliphatic hydroxyl groups is 1. The van der Waals surface area contributed by atoms with E-state index in [4.69, 9.17) is 5.73 Å². The van der Waals surface area contributed by atoms with Crippen LogP contribution in [0.2, 0.25) is 0 Å². The van der Waals surface area contributed by atoms with Crippen molar-refractivity contribution < 1.29 is 17.9 Å². The molecular formula is C10H14BrFN2O3S. The second-order valence-electron chi connectivity index (χ2n) is 4.45. The molecule has 0 heterocycles. The molecule has 0 fully saturated rings. The first-order chi connectivity index (χ1) is 8.03. The number of halogens is 2. The maximum atomic E-state index is 13.7. The largest absolute Gasteiger partial charge is 0.399 e. The number of nitrogen functional groups attached to an aromatic ring is 1. The molecule has 0 amide bonds. The van der Waals surface area contributed by atoms with E-state index < -0.39 is 26.3 Å². The quantitative estimate of drug-likeness (QED) is 0.718. The Morgan fingerprint density at radius 1 is 1.50 bits per heavy atom. The zero-order valence-electron chi connectivity index (χ0n) is 9.87. The minimum absolute atomic E-state index is 0.0360. The second-order valence-corrected chi connectivity index (χ2v) is 7.04. The number of rotatable bonds is 4. The van der Waals surface area contributed by atoms with Gasteiger partial charge in [-0.1, -0.05) is 0 Å². The van der Waals surface area contributed by atoms with E-state index >= 15 is 0 Å². The Labute approximate surface area is 113 Å². The van der Waals surface area contributed by atoms with Gasteiger partial charge >= 0.3 is 0 Å². The lowest BCUT2D eigenvalue weighted by Gasteiger charge is -2.18. The van der Waals surface area contributed by atoms with Gasteiger partial charge in [0.15, 0.2) is 5.82 Å². The van der Waals surface area contributed by atoms with Crippen molar-refractivity contribution in [3.05, 3.63) is 22.4 Å². The molecule has 0 spiro atoms. The van der Waals surface area contributed by atoms with Crippen molar-refractivity contribution in [3.63, 3.8) is 0 Å². The molecule has 18 heavy (non-hydrogen) atoms. The number of anilines is 1. The molecule has 1 rings (SSSR count). The van der Waals surface area contributed by atoms with Crippen LogP contribution in [0.25, 0.3) is 0 Å². The molecule has 0 saturated carbocycles. The summed E-state index contributed by atoms with van der Waals surface area (Å²) < 4.78 is 39.5. The van der Waals surface area contributed by atoms with E-state index in [-0.39, 0.29) is 16.7 Å². The highest BCUT2D eigenvalue weighted by Gasteiger charge is 2.24. The van der Waals surface area contributed by atoms with Crippen molar-refractivity contribution in [1.29, 1.82) is 0 Å². The first-order valence-corrected chi connectivity index (χ1v) is 7.27. The summed E-state index contributed by atoms with van der Waals surface area (Å²) in [5, 5.41) is 9.45. The summed E-state index contributed by atoms with van der Waals surface area (Å²) in [5.41, 5.74) is 4.35. The highest BCUT2D eigenvalue weighted by atomic mass is 79.9. The molecule has 1 aromatic carbocycles. The van der Waals surface area contributed by atoms with Crippen LogP contribution in [-0.2, 0) is 10.0 Å². The predicted molar refractivity (Wildman–Crippen MR) is 70.0 cm³/mol. The lowest BCUT2D eigenvalue weighted by molar-refractivity contribution is 0.0857. The summed E-state index contributed by atoms with van der Waals surface area (Å²) >= 11 is 2.88. The Bertz CT molecular complexity index is 555. The monoisotopic (exact) mass is 340 g/mol. The van der Waals surface area contributed by atoms with Gasteiger partial charge in [-0.25, -0.2) is 17.5 Å². The minimum atomic E-state index is -4.06. The number of nitrogens with two attached hydrogens (primary N) is 1. The number of sulfonamides is 1. The Hall–Kier alpha value is -0.700. The molecule has 5 nitrogen and oxygen atoms in total. The Morgan fingerprint density at radius 2 is 2.06 bits per heavy atom. The Morgan fingerprint density at radius 3 is 2.56 bits per heavy atom. The summed E-state index contributed by atoms with van der Waals surface area (Å²) in [7, 11) is -4.06. The molecule has 0 aliphatic rings. The molecule has 8 heteroatoms. The van der Waals surface area contributed by atoms with E-state index in [0.29, 0.717) is 0 Å². The summed E-state index contributed by atoms with van der Waals surface area (Å²) in [5.74, 6) is -0.924. The number of nitrogens with one attached hydrogen (secondary N) is 1. The van der Waals surface area contributed by atoms with Crippen molar-refractivity contribution in [2.75, 3.05) is 12.3 Å². The van der Waals surface area contributed by atoms with E-state index in [1.807, 2.05) is 0 Å². The van der Waals surface area contributed by atoms with Gasteiger partial charge in [-0.2, -0.15) is 0 Å². The number of hydrogen-bond acceptors (Lipinski definition) is 4. The second kappa shape index (κ2) is 5.12. The zero-order chi connectivity index (χ0) is 14.1. The topological polar surface area (TPSA) is 92.4 Å². The zero-order valence-corrected chi connectivity index (χ0v) is 12.3. The molecule has 0 aliphatic carbocycles. The van der Waals surface area contributed by atoms with Crippen LogP contribution in [-0.4, -0.2) is 25.7 Å². The van der Waals surface area contributed by atoms with Crippen molar-refractivity contribution in [3.8, 4) is 0 Å². The summed E-state index contributed by atoms with van der Waals surface area (Å²) in [4.78, 5) is -0.557. The van der Waals surface area contributed by atoms with Gasteiger partial charge in [0.2, 0.25) is 10.0 Å². The smallest absolute Gasteiger partial charge is 0.243 e. The average Bonchev–Trinajstić information content (AvgIpc) is 2.19. The van der Waals surface area contributed by atoms with E-state index in [1.54, 1.807) is 0 Å². The highest BCUT2D eigenvalue weighted by molar-refractivity contribution is 9.10. The number of hydrogen-bond donors (Lipinski definition) is 3. The van der Waals surface area contributed by atoms with Gasteiger partial charge < -0.3 is 10.8 Å². The fourth-order valence-electron chi connectivity index (χ4n) is 1.13. The Kier molecular flexibility index (Phi) is 4.37. The van der Waals surface area contributed by atoms with Crippen molar-refractivity contribution >= 4 is 31.6 Å². The van der Waals surface area contributed by atoms with Gasteiger partial charge in [0.1, 0.15) is 4.90 Å². The van der Waals surface area contributed by atoms with Gasteiger partial charge in [0, 0.05) is 12.2 Å². The standard InChI is InChI=1S/C10H14BrFN2O3S/c1-10(2,15)5-14-18(16,17)8-4-6(13)3-7(11)9(8)12/h3-4,14-15H,5,13H2,1-2H3. The first-order valence-electron chi connectivity index (χ1n) is 4.99. The van der Waals surface area contributed by atoms with E-state index in [1.165, 1.54) is 19.9 Å². The molecule has 0 saturated heterocycles. The normalized spacial score (nSPS) is 12.7. The first kappa shape index (κ1) is 15.4. The van der Waals surface area contributed by atoms with Crippen LogP contribution in [0.5, 0.6) is 0 Å². The molecule has 102 valence electrons. The van der Waals surface area contributed by atoms with E-state index in [9.17, 15) is 17.9 Å². The maximum Gasteiger partial charge on any atom is 0.243 e. The fourth-order valence-corrected chi connectivity index (χ4v) is 3.07. The molecular weight excluding hydrogens is 327 g/mol. The fraction of sp³-hybridized carbons (Fsp3) is 0.400. The van der Waals surface area contributed by atoms with Crippen LogP contribution in [0.3, 0.4) is 0 Å². The molecule has 0 aromatic heterocycles. The molecule has 0 atom stereocenters.